The summed E-state index contributed by atoms with van der Waals surface area (Å²) in [5, 5.41) is 4.18. The van der Waals surface area contributed by atoms with Crippen LogP contribution in [0, 0.1) is 6.92 Å². The second-order valence-corrected chi connectivity index (χ2v) is 7.71. The summed E-state index contributed by atoms with van der Waals surface area (Å²) in [5.74, 6) is -0.206. The Balaban J connectivity index is 1.53. The fraction of sp³-hybridized carbons (Fsp3) is 0.364. The SMILES string of the molecule is Cc1ccoc1C(=O)N1CC(=O)N(Cc2cnn(C)c2)CC(OCc2cccnc2)C1. The summed E-state index contributed by atoms with van der Waals surface area (Å²) in [5.41, 5.74) is 2.59. The van der Waals surface area contributed by atoms with Gasteiger partial charge in [-0.25, -0.2) is 0 Å². The lowest BCUT2D eigenvalue weighted by atomic mass is 10.2. The number of rotatable bonds is 6. The number of nitrogens with zero attached hydrogens (tertiary/aromatic N) is 5. The molecule has 162 valence electrons. The second-order valence-electron chi connectivity index (χ2n) is 7.71. The summed E-state index contributed by atoms with van der Waals surface area (Å²) in [6.45, 7) is 3.17. The molecule has 0 saturated carbocycles. The number of ether oxygens (including phenoxy) is 1. The van der Waals surface area contributed by atoms with Gasteiger partial charge in [0.1, 0.15) is 6.54 Å². The molecule has 1 saturated heterocycles. The highest BCUT2D eigenvalue weighted by Gasteiger charge is 2.33. The van der Waals surface area contributed by atoms with Crippen LogP contribution in [-0.4, -0.2) is 62.1 Å². The fourth-order valence-electron chi connectivity index (χ4n) is 3.60. The third-order valence-corrected chi connectivity index (χ3v) is 5.21. The van der Waals surface area contributed by atoms with Crippen LogP contribution in [-0.2, 0) is 29.7 Å². The Morgan fingerprint density at radius 1 is 1.26 bits per heavy atom. The van der Waals surface area contributed by atoms with E-state index in [4.69, 9.17) is 9.15 Å². The molecule has 1 fully saturated rings. The van der Waals surface area contributed by atoms with Gasteiger partial charge in [-0.3, -0.25) is 19.3 Å². The molecule has 0 bridgehead atoms. The van der Waals surface area contributed by atoms with Gasteiger partial charge >= 0.3 is 0 Å². The molecule has 9 heteroatoms. The van der Waals surface area contributed by atoms with Crippen molar-refractivity contribution in [3.05, 3.63) is 71.7 Å². The van der Waals surface area contributed by atoms with Gasteiger partial charge in [0.05, 0.1) is 25.2 Å². The van der Waals surface area contributed by atoms with E-state index in [0.29, 0.717) is 19.7 Å². The fourth-order valence-corrected chi connectivity index (χ4v) is 3.60. The lowest BCUT2D eigenvalue weighted by Gasteiger charge is -2.24. The van der Waals surface area contributed by atoms with Gasteiger partial charge in [-0.05, 0) is 24.6 Å². The molecule has 1 unspecified atom stereocenters. The molecule has 0 radical (unpaired) electrons. The van der Waals surface area contributed by atoms with Gasteiger partial charge in [0.15, 0.2) is 5.76 Å². The minimum Gasteiger partial charge on any atom is -0.459 e. The minimum absolute atomic E-state index is 0.0357. The summed E-state index contributed by atoms with van der Waals surface area (Å²) in [6, 6.07) is 5.51. The van der Waals surface area contributed by atoms with Crippen molar-refractivity contribution in [1.29, 1.82) is 0 Å². The molecule has 2 amide bonds. The number of carbonyl (C=O) groups excluding carboxylic acids is 2. The molecule has 31 heavy (non-hydrogen) atoms. The van der Waals surface area contributed by atoms with Gasteiger partial charge in [0.2, 0.25) is 5.91 Å². The largest absolute Gasteiger partial charge is 0.459 e. The topological polar surface area (TPSA) is 93.7 Å². The van der Waals surface area contributed by atoms with Gasteiger partial charge < -0.3 is 19.0 Å². The van der Waals surface area contributed by atoms with Crippen LogP contribution in [0.5, 0.6) is 0 Å². The van der Waals surface area contributed by atoms with Crippen molar-refractivity contribution in [2.45, 2.75) is 26.2 Å². The number of hydrogen-bond acceptors (Lipinski definition) is 6. The van der Waals surface area contributed by atoms with Gasteiger partial charge in [-0.2, -0.15) is 5.10 Å². The number of furan rings is 1. The Hall–Kier alpha value is -3.46. The van der Waals surface area contributed by atoms with E-state index in [9.17, 15) is 9.59 Å². The van der Waals surface area contributed by atoms with E-state index in [2.05, 4.69) is 10.1 Å². The number of pyridine rings is 1. The van der Waals surface area contributed by atoms with E-state index in [1.165, 1.54) is 11.2 Å². The first-order valence-electron chi connectivity index (χ1n) is 10.1. The average Bonchev–Trinajstić information content (AvgIpc) is 3.34. The molecule has 3 aromatic rings. The lowest BCUT2D eigenvalue weighted by molar-refractivity contribution is -0.132. The first kappa shape index (κ1) is 20.8. The van der Waals surface area contributed by atoms with E-state index in [1.807, 2.05) is 32.3 Å². The standard InChI is InChI=1S/C22H25N5O4/c1-16-5-7-30-21(16)22(29)27-13-19(31-15-17-4-3-6-23-8-17)12-26(20(28)14-27)11-18-9-24-25(2)10-18/h3-10,19H,11-15H2,1-2H3. The molecule has 0 aromatic carbocycles. The number of amides is 2. The van der Waals surface area contributed by atoms with Crippen LogP contribution in [0.2, 0.25) is 0 Å². The van der Waals surface area contributed by atoms with Gasteiger partial charge in [0, 0.05) is 56.4 Å². The van der Waals surface area contributed by atoms with Crippen LogP contribution in [0.4, 0.5) is 0 Å². The zero-order chi connectivity index (χ0) is 21.8. The number of aryl methyl sites for hydroxylation is 2. The van der Waals surface area contributed by atoms with Crippen LogP contribution in [0.15, 0.2) is 53.7 Å². The maximum atomic E-state index is 13.1. The Kier molecular flexibility index (Phi) is 6.13. The van der Waals surface area contributed by atoms with Crippen LogP contribution < -0.4 is 0 Å². The van der Waals surface area contributed by atoms with Crippen molar-refractivity contribution in [3.8, 4) is 0 Å². The molecule has 1 aliphatic rings. The predicted molar refractivity (Wildman–Crippen MR) is 111 cm³/mol. The highest BCUT2D eigenvalue weighted by atomic mass is 16.5. The molecule has 0 N–H and O–H groups in total. The van der Waals surface area contributed by atoms with Gasteiger partial charge in [-0.15, -0.1) is 0 Å². The van der Waals surface area contributed by atoms with Crippen LogP contribution in [0.1, 0.15) is 27.2 Å². The molecule has 0 aliphatic carbocycles. The van der Waals surface area contributed by atoms with Crippen LogP contribution in [0.3, 0.4) is 0 Å². The number of aromatic nitrogens is 3. The normalized spacial score (nSPS) is 17.1. The van der Waals surface area contributed by atoms with E-state index in [0.717, 1.165) is 16.7 Å². The van der Waals surface area contributed by atoms with Crippen molar-refractivity contribution < 1.29 is 18.7 Å². The molecular formula is C22H25N5O4. The Bertz CT molecular complexity index is 1050. The van der Waals surface area contributed by atoms with E-state index in [1.54, 1.807) is 34.2 Å². The summed E-state index contributed by atoms with van der Waals surface area (Å²) < 4.78 is 13.2. The smallest absolute Gasteiger partial charge is 0.290 e. The summed E-state index contributed by atoms with van der Waals surface area (Å²) in [6.07, 6.45) is 8.17. The molecule has 1 aliphatic heterocycles. The molecule has 3 aromatic heterocycles. The minimum atomic E-state index is -0.359. The Labute approximate surface area is 180 Å². The summed E-state index contributed by atoms with van der Waals surface area (Å²) >= 11 is 0. The van der Waals surface area contributed by atoms with E-state index < -0.39 is 0 Å². The first-order valence-corrected chi connectivity index (χ1v) is 10.1. The summed E-state index contributed by atoms with van der Waals surface area (Å²) in [7, 11) is 1.83. The quantitative estimate of drug-likeness (QED) is 0.600. The van der Waals surface area contributed by atoms with Crippen LogP contribution >= 0.6 is 0 Å². The maximum absolute atomic E-state index is 13.1. The molecule has 1 atom stereocenters. The monoisotopic (exact) mass is 423 g/mol. The van der Waals surface area contributed by atoms with Gasteiger partial charge in [-0.1, -0.05) is 6.07 Å². The molecule has 4 heterocycles. The van der Waals surface area contributed by atoms with Crippen molar-refractivity contribution >= 4 is 11.8 Å². The lowest BCUT2D eigenvalue weighted by Crippen LogP contribution is -2.39. The van der Waals surface area contributed by atoms with Crippen molar-refractivity contribution in [2.24, 2.45) is 7.05 Å². The molecule has 0 spiro atoms. The number of carbonyl (C=O) groups is 2. The average molecular weight is 423 g/mol. The Morgan fingerprint density at radius 2 is 2.13 bits per heavy atom. The van der Waals surface area contributed by atoms with Crippen molar-refractivity contribution in [1.82, 2.24) is 24.6 Å². The molecule has 4 rings (SSSR count). The van der Waals surface area contributed by atoms with E-state index in [-0.39, 0.29) is 36.8 Å². The molecular weight excluding hydrogens is 398 g/mol. The zero-order valence-corrected chi connectivity index (χ0v) is 17.6. The highest BCUT2D eigenvalue weighted by Crippen LogP contribution is 2.18. The highest BCUT2D eigenvalue weighted by molar-refractivity contribution is 5.95. The van der Waals surface area contributed by atoms with E-state index >= 15 is 0 Å². The Morgan fingerprint density at radius 3 is 2.81 bits per heavy atom. The zero-order valence-electron chi connectivity index (χ0n) is 17.6. The molecule has 9 nitrogen and oxygen atoms in total. The van der Waals surface area contributed by atoms with Crippen molar-refractivity contribution in [3.63, 3.8) is 0 Å². The third-order valence-electron chi connectivity index (χ3n) is 5.21. The summed E-state index contributed by atoms with van der Waals surface area (Å²) in [4.78, 5) is 33.4. The first-order chi connectivity index (χ1) is 15.0. The van der Waals surface area contributed by atoms with Gasteiger partial charge in [0.25, 0.3) is 5.91 Å². The van der Waals surface area contributed by atoms with Crippen LogP contribution in [0.25, 0.3) is 0 Å². The maximum Gasteiger partial charge on any atom is 0.290 e. The third kappa shape index (κ3) is 5.00. The predicted octanol–water partition coefficient (Wildman–Crippen LogP) is 1.79. The van der Waals surface area contributed by atoms with Crippen molar-refractivity contribution in [2.75, 3.05) is 19.6 Å². The second kappa shape index (κ2) is 9.13. The number of hydrogen-bond donors (Lipinski definition) is 0.